The van der Waals surface area contributed by atoms with Crippen molar-refractivity contribution in [3.8, 4) is 23.0 Å². The fraction of sp³-hybridized carbons (Fsp3) is 0.143. The van der Waals surface area contributed by atoms with Gasteiger partial charge in [-0.2, -0.15) is 0 Å². The molecule has 0 heterocycles. The molecule has 0 radical (unpaired) electrons. The molecule has 220 valence electrons. The Kier molecular flexibility index (Phi) is 8.18. The minimum Gasteiger partial charge on any atom is -0.457 e. The molecule has 0 aromatic heterocycles. The third-order valence-corrected chi connectivity index (χ3v) is 10.3. The Balaban J connectivity index is 1.24. The van der Waals surface area contributed by atoms with Crippen molar-refractivity contribution in [2.75, 3.05) is 6.26 Å². The Morgan fingerprint density at radius 1 is 0.465 bits per heavy atom. The van der Waals surface area contributed by atoms with Crippen molar-refractivity contribution in [2.45, 2.75) is 40.9 Å². The summed E-state index contributed by atoms with van der Waals surface area (Å²) in [6.07, 6.45) is 1.17. The Labute approximate surface area is 253 Å². The average Bonchev–Trinajstić information content (AvgIpc) is 2.98. The smallest absolute Gasteiger partial charge is 0.206 e. The zero-order valence-corrected chi connectivity index (χ0v) is 25.9. The fourth-order valence-electron chi connectivity index (χ4n) is 4.61. The van der Waals surface area contributed by atoms with E-state index in [2.05, 4.69) is 13.8 Å². The van der Waals surface area contributed by atoms with Crippen LogP contribution in [0.25, 0.3) is 0 Å². The number of hydrogen-bond donors (Lipinski definition) is 0. The topological polar surface area (TPSA) is 86.7 Å². The van der Waals surface area contributed by atoms with Gasteiger partial charge in [0.2, 0.25) is 9.84 Å². The molecule has 43 heavy (non-hydrogen) atoms. The van der Waals surface area contributed by atoms with E-state index < -0.39 is 19.7 Å². The van der Waals surface area contributed by atoms with Crippen molar-refractivity contribution in [1.29, 1.82) is 0 Å². The van der Waals surface area contributed by atoms with Crippen molar-refractivity contribution in [3.05, 3.63) is 138 Å². The van der Waals surface area contributed by atoms with Gasteiger partial charge in [-0.3, -0.25) is 0 Å². The summed E-state index contributed by atoms with van der Waals surface area (Å²) in [5.41, 5.74) is 2.87. The van der Waals surface area contributed by atoms with Gasteiger partial charge in [-0.05, 0) is 103 Å². The predicted octanol–water partition coefficient (Wildman–Crippen LogP) is 8.14. The molecule has 0 unspecified atom stereocenters. The van der Waals surface area contributed by atoms with Gasteiger partial charge in [-0.1, -0.05) is 55.8 Å². The molecule has 5 rings (SSSR count). The molecule has 0 atom stereocenters. The third kappa shape index (κ3) is 6.82. The molecule has 0 spiro atoms. The van der Waals surface area contributed by atoms with Crippen LogP contribution in [0.1, 0.15) is 30.5 Å². The van der Waals surface area contributed by atoms with E-state index in [-0.39, 0.29) is 20.1 Å². The van der Waals surface area contributed by atoms with Gasteiger partial charge >= 0.3 is 0 Å². The first kappa shape index (κ1) is 30.1. The Morgan fingerprint density at radius 3 is 1.12 bits per heavy atom. The maximum absolute atomic E-state index is 12.9. The number of sulfone groups is 2. The monoisotopic (exact) mass is 612 g/mol. The van der Waals surface area contributed by atoms with E-state index in [1.807, 2.05) is 55.5 Å². The molecular formula is C35H32O6S2. The van der Waals surface area contributed by atoms with E-state index >= 15 is 0 Å². The molecule has 6 nitrogen and oxygen atoms in total. The molecule has 0 amide bonds. The Morgan fingerprint density at radius 2 is 0.767 bits per heavy atom. The molecule has 8 heteroatoms. The van der Waals surface area contributed by atoms with E-state index in [9.17, 15) is 16.8 Å². The SMILES string of the molecule is Cc1ccc(S(=O)(=O)c2ccc(Oc3ccc(C(C)(C)c4ccc(Oc5ccc(S(C)(=O)=O)cc5)cc4)cc3)cc2)cc1. The molecule has 5 aromatic carbocycles. The average molecular weight is 613 g/mol. The number of rotatable bonds is 9. The lowest BCUT2D eigenvalue weighted by Gasteiger charge is -2.26. The zero-order chi connectivity index (χ0) is 30.8. The maximum atomic E-state index is 12.9. The van der Waals surface area contributed by atoms with Crippen molar-refractivity contribution in [3.63, 3.8) is 0 Å². The predicted molar refractivity (Wildman–Crippen MR) is 168 cm³/mol. The Bertz CT molecular complexity index is 1930. The summed E-state index contributed by atoms with van der Waals surface area (Å²) in [5.74, 6) is 2.38. The van der Waals surface area contributed by atoms with Crippen molar-refractivity contribution in [1.82, 2.24) is 0 Å². The lowest BCUT2D eigenvalue weighted by Crippen LogP contribution is -2.18. The Hall–Kier alpha value is -4.40. The number of benzene rings is 5. The summed E-state index contributed by atoms with van der Waals surface area (Å²) in [4.78, 5) is 0.714. The minimum atomic E-state index is -3.60. The largest absolute Gasteiger partial charge is 0.457 e. The van der Waals surface area contributed by atoms with Gasteiger partial charge in [0.25, 0.3) is 0 Å². The lowest BCUT2D eigenvalue weighted by atomic mass is 9.78. The van der Waals surface area contributed by atoms with Gasteiger partial charge in [0.15, 0.2) is 9.84 Å². The van der Waals surface area contributed by atoms with Gasteiger partial charge in [-0.25, -0.2) is 16.8 Å². The van der Waals surface area contributed by atoms with Crippen LogP contribution in [0.5, 0.6) is 23.0 Å². The van der Waals surface area contributed by atoms with Gasteiger partial charge < -0.3 is 9.47 Å². The van der Waals surface area contributed by atoms with Crippen molar-refractivity contribution in [2.24, 2.45) is 0 Å². The molecule has 0 saturated heterocycles. The van der Waals surface area contributed by atoms with Crippen LogP contribution in [0.15, 0.2) is 136 Å². The summed E-state index contributed by atoms with van der Waals surface area (Å²) < 4.78 is 61.1. The first-order valence-electron chi connectivity index (χ1n) is 13.6. The second-order valence-corrected chi connectivity index (χ2v) is 14.9. The highest BCUT2D eigenvalue weighted by atomic mass is 32.2. The van der Waals surface area contributed by atoms with E-state index in [0.29, 0.717) is 23.0 Å². The van der Waals surface area contributed by atoms with Crippen LogP contribution in [0.4, 0.5) is 0 Å². The zero-order valence-electron chi connectivity index (χ0n) is 24.3. The number of aryl methyl sites for hydroxylation is 1. The molecule has 0 N–H and O–H groups in total. The van der Waals surface area contributed by atoms with Gasteiger partial charge in [-0.15, -0.1) is 0 Å². The van der Waals surface area contributed by atoms with Crippen LogP contribution in [0, 0.1) is 6.92 Å². The summed E-state index contributed by atoms with van der Waals surface area (Å²) in [6, 6.07) is 35.2. The third-order valence-electron chi connectivity index (χ3n) is 7.34. The summed E-state index contributed by atoms with van der Waals surface area (Å²) >= 11 is 0. The lowest BCUT2D eigenvalue weighted by molar-refractivity contribution is 0.480. The standard InChI is InChI=1S/C35H32O6S2/c1-25-5-19-33(20-6-25)43(38,39)34-23-17-31(18-24-34)41-29-13-9-27(10-14-29)35(2,3)26-7-11-28(12-8-26)40-30-15-21-32(22-16-30)42(4,36)37/h5-24H,1-4H3. The quantitative estimate of drug-likeness (QED) is 0.167. The van der Waals surface area contributed by atoms with E-state index in [0.717, 1.165) is 16.7 Å². The second kappa shape index (κ2) is 11.7. The first-order valence-corrected chi connectivity index (χ1v) is 17.0. The molecule has 0 bridgehead atoms. The summed E-state index contributed by atoms with van der Waals surface area (Å²) in [7, 11) is -6.86. The van der Waals surface area contributed by atoms with Crippen LogP contribution in [0.2, 0.25) is 0 Å². The second-order valence-electron chi connectivity index (χ2n) is 10.9. The fourth-order valence-corrected chi connectivity index (χ4v) is 6.50. The molecular weight excluding hydrogens is 581 g/mol. The molecule has 0 aliphatic heterocycles. The molecule has 0 aliphatic rings. The highest BCUT2D eigenvalue weighted by Crippen LogP contribution is 2.35. The summed E-state index contributed by atoms with van der Waals surface area (Å²) in [6.45, 7) is 6.18. The van der Waals surface area contributed by atoms with Crippen LogP contribution >= 0.6 is 0 Å². The highest BCUT2D eigenvalue weighted by molar-refractivity contribution is 7.91. The molecule has 0 fully saturated rings. The normalized spacial score (nSPS) is 12.1. The molecule has 0 saturated carbocycles. The molecule has 5 aromatic rings. The van der Waals surface area contributed by atoms with Crippen molar-refractivity contribution >= 4 is 19.7 Å². The summed E-state index contributed by atoms with van der Waals surface area (Å²) in [5, 5.41) is 0. The van der Waals surface area contributed by atoms with E-state index in [1.165, 1.54) is 18.4 Å². The maximum Gasteiger partial charge on any atom is 0.206 e. The minimum absolute atomic E-state index is 0.210. The molecule has 0 aliphatic carbocycles. The van der Waals surface area contributed by atoms with Crippen LogP contribution in [-0.4, -0.2) is 23.1 Å². The van der Waals surface area contributed by atoms with Crippen LogP contribution in [-0.2, 0) is 25.1 Å². The number of ether oxygens (including phenoxy) is 2. The first-order chi connectivity index (χ1) is 20.3. The number of hydrogen-bond acceptors (Lipinski definition) is 6. The van der Waals surface area contributed by atoms with Gasteiger partial charge in [0.1, 0.15) is 23.0 Å². The van der Waals surface area contributed by atoms with Gasteiger partial charge in [0, 0.05) is 11.7 Å². The highest BCUT2D eigenvalue weighted by Gasteiger charge is 2.23. The van der Waals surface area contributed by atoms with Crippen LogP contribution in [0.3, 0.4) is 0 Å². The van der Waals surface area contributed by atoms with E-state index in [4.69, 9.17) is 9.47 Å². The van der Waals surface area contributed by atoms with Gasteiger partial charge in [0.05, 0.1) is 14.7 Å². The van der Waals surface area contributed by atoms with Crippen LogP contribution < -0.4 is 9.47 Å². The van der Waals surface area contributed by atoms with Crippen molar-refractivity contribution < 1.29 is 26.3 Å². The van der Waals surface area contributed by atoms with E-state index in [1.54, 1.807) is 60.7 Å².